The second-order valence-electron chi connectivity index (χ2n) is 4.52. The van der Waals surface area contributed by atoms with Crippen LogP contribution in [0.25, 0.3) is 0 Å². The van der Waals surface area contributed by atoms with E-state index in [4.69, 9.17) is 16.3 Å². The molecule has 1 unspecified atom stereocenters. The topological polar surface area (TPSA) is 84.6 Å². The highest BCUT2D eigenvalue weighted by molar-refractivity contribution is 6.30. The van der Waals surface area contributed by atoms with Crippen molar-refractivity contribution in [2.24, 2.45) is 0 Å². The lowest BCUT2D eigenvalue weighted by molar-refractivity contribution is -0.385. The number of nitro groups is 1. The van der Waals surface area contributed by atoms with Gasteiger partial charge < -0.3 is 15.2 Å². The minimum absolute atomic E-state index is 0.00217. The number of hydrogen-bond acceptors (Lipinski definition) is 5. The summed E-state index contributed by atoms with van der Waals surface area (Å²) in [7, 11) is 0. The quantitative estimate of drug-likeness (QED) is 0.589. The molecule has 2 N–H and O–H groups in total. The van der Waals surface area contributed by atoms with Crippen molar-refractivity contribution in [2.45, 2.75) is 25.0 Å². The molecule has 6 nitrogen and oxygen atoms in total. The van der Waals surface area contributed by atoms with Gasteiger partial charge in [-0.25, -0.2) is 0 Å². The summed E-state index contributed by atoms with van der Waals surface area (Å²) in [5.41, 5.74) is -0.199. The lowest BCUT2D eigenvalue weighted by Gasteiger charge is -2.13. The molecule has 1 aliphatic carbocycles. The molecule has 0 saturated heterocycles. The fourth-order valence-corrected chi connectivity index (χ4v) is 1.76. The Morgan fingerprint density at radius 2 is 2.32 bits per heavy atom. The molecule has 0 heterocycles. The Bertz CT molecular complexity index is 465. The van der Waals surface area contributed by atoms with Crippen LogP contribution in [-0.2, 0) is 0 Å². The van der Waals surface area contributed by atoms with Crippen LogP contribution in [0.1, 0.15) is 12.8 Å². The van der Waals surface area contributed by atoms with Gasteiger partial charge in [-0.2, -0.15) is 0 Å². The molecular weight excluding hydrogens is 272 g/mol. The molecule has 0 aliphatic heterocycles. The molecule has 1 aliphatic rings. The van der Waals surface area contributed by atoms with Crippen LogP contribution in [-0.4, -0.2) is 35.3 Å². The van der Waals surface area contributed by atoms with Crippen molar-refractivity contribution in [1.82, 2.24) is 5.32 Å². The molecular formula is C12H15ClN2O4. The molecule has 0 spiro atoms. The molecule has 104 valence electrons. The Labute approximate surface area is 115 Å². The molecule has 0 radical (unpaired) electrons. The molecule has 7 heteroatoms. The molecule has 0 bridgehead atoms. The first-order valence-corrected chi connectivity index (χ1v) is 6.42. The van der Waals surface area contributed by atoms with Crippen LogP contribution in [0, 0.1) is 10.1 Å². The van der Waals surface area contributed by atoms with E-state index in [2.05, 4.69) is 5.32 Å². The number of nitro benzene ring substituents is 1. The lowest BCUT2D eigenvalue weighted by atomic mass is 10.3. The standard InChI is InChI=1S/C12H15ClN2O4/c13-8-1-4-12(11(5-8)15(17)18)19-7-10(16)6-14-9-2-3-9/h1,4-5,9-10,14,16H,2-3,6-7H2. The third-order valence-electron chi connectivity index (χ3n) is 2.77. The minimum Gasteiger partial charge on any atom is -0.484 e. The Morgan fingerprint density at radius 1 is 1.58 bits per heavy atom. The maximum atomic E-state index is 10.8. The smallest absolute Gasteiger partial charge is 0.312 e. The highest BCUT2D eigenvalue weighted by Gasteiger charge is 2.22. The van der Waals surface area contributed by atoms with Gasteiger partial charge in [0, 0.05) is 23.7 Å². The molecule has 1 aromatic carbocycles. The molecule has 1 atom stereocenters. The molecule has 1 fully saturated rings. The van der Waals surface area contributed by atoms with Crippen LogP contribution in [0.2, 0.25) is 5.02 Å². The molecule has 2 rings (SSSR count). The Kier molecular flexibility index (Phi) is 4.57. The van der Waals surface area contributed by atoms with Crippen LogP contribution >= 0.6 is 11.6 Å². The number of nitrogens with one attached hydrogen (secondary N) is 1. The van der Waals surface area contributed by atoms with Gasteiger partial charge in [0.25, 0.3) is 0 Å². The summed E-state index contributed by atoms with van der Waals surface area (Å²) in [6.45, 7) is 0.425. The average Bonchev–Trinajstić information content (AvgIpc) is 3.18. The monoisotopic (exact) mass is 286 g/mol. The summed E-state index contributed by atoms with van der Waals surface area (Å²) in [4.78, 5) is 10.3. The first-order chi connectivity index (χ1) is 9.06. The van der Waals surface area contributed by atoms with Gasteiger partial charge in [0.05, 0.1) is 4.92 Å². The van der Waals surface area contributed by atoms with Crippen molar-refractivity contribution in [3.8, 4) is 5.75 Å². The van der Waals surface area contributed by atoms with E-state index < -0.39 is 11.0 Å². The first kappa shape index (κ1) is 14.0. The Hall–Kier alpha value is -1.37. The van der Waals surface area contributed by atoms with Crippen molar-refractivity contribution in [1.29, 1.82) is 0 Å². The Balaban J connectivity index is 1.88. The van der Waals surface area contributed by atoms with Gasteiger partial charge in [0.2, 0.25) is 0 Å². The molecule has 1 saturated carbocycles. The summed E-state index contributed by atoms with van der Waals surface area (Å²) in [6, 6.07) is 4.67. The SMILES string of the molecule is O=[N+]([O-])c1cc(Cl)ccc1OCC(O)CNC1CC1. The maximum Gasteiger partial charge on any atom is 0.312 e. The number of nitrogens with zero attached hydrogens (tertiary/aromatic N) is 1. The van der Waals surface area contributed by atoms with E-state index in [1.807, 2.05) is 0 Å². The van der Waals surface area contributed by atoms with Crippen molar-refractivity contribution in [3.63, 3.8) is 0 Å². The van der Waals surface area contributed by atoms with Crippen molar-refractivity contribution >= 4 is 17.3 Å². The van der Waals surface area contributed by atoms with E-state index in [9.17, 15) is 15.2 Å². The summed E-state index contributed by atoms with van der Waals surface area (Å²) in [5, 5.41) is 23.9. The van der Waals surface area contributed by atoms with Gasteiger partial charge in [-0.3, -0.25) is 10.1 Å². The Morgan fingerprint density at radius 3 is 2.95 bits per heavy atom. The highest BCUT2D eigenvalue weighted by atomic mass is 35.5. The van der Waals surface area contributed by atoms with E-state index in [0.29, 0.717) is 12.6 Å². The van der Waals surface area contributed by atoms with Crippen LogP contribution in [0.4, 0.5) is 5.69 Å². The van der Waals surface area contributed by atoms with Gasteiger partial charge in [0.15, 0.2) is 5.75 Å². The number of benzene rings is 1. The van der Waals surface area contributed by atoms with Crippen LogP contribution in [0.15, 0.2) is 18.2 Å². The van der Waals surface area contributed by atoms with E-state index in [-0.39, 0.29) is 23.1 Å². The van der Waals surface area contributed by atoms with E-state index in [1.54, 1.807) is 0 Å². The zero-order valence-electron chi connectivity index (χ0n) is 10.2. The van der Waals surface area contributed by atoms with E-state index >= 15 is 0 Å². The van der Waals surface area contributed by atoms with Gasteiger partial charge in [0.1, 0.15) is 12.7 Å². The molecule has 1 aromatic rings. The number of hydrogen-bond donors (Lipinski definition) is 2. The summed E-state index contributed by atoms with van der Waals surface area (Å²) < 4.78 is 5.28. The second kappa shape index (κ2) is 6.18. The predicted octanol–water partition coefficient (Wildman–Crippen LogP) is 1.74. The largest absolute Gasteiger partial charge is 0.484 e. The number of rotatable bonds is 7. The summed E-state index contributed by atoms with van der Waals surface area (Å²) >= 11 is 5.70. The van der Waals surface area contributed by atoms with Crippen molar-refractivity contribution < 1.29 is 14.8 Å². The fourth-order valence-electron chi connectivity index (χ4n) is 1.59. The van der Waals surface area contributed by atoms with E-state index in [0.717, 1.165) is 12.8 Å². The number of ether oxygens (including phenoxy) is 1. The highest BCUT2D eigenvalue weighted by Crippen LogP contribution is 2.29. The predicted molar refractivity (Wildman–Crippen MR) is 70.6 cm³/mol. The fraction of sp³-hybridized carbons (Fsp3) is 0.500. The van der Waals surface area contributed by atoms with Crippen LogP contribution in [0.3, 0.4) is 0 Å². The number of halogens is 1. The van der Waals surface area contributed by atoms with Gasteiger partial charge in [-0.15, -0.1) is 0 Å². The third-order valence-corrected chi connectivity index (χ3v) is 3.00. The molecule has 19 heavy (non-hydrogen) atoms. The second-order valence-corrected chi connectivity index (χ2v) is 4.95. The van der Waals surface area contributed by atoms with Gasteiger partial charge in [-0.05, 0) is 25.0 Å². The zero-order valence-corrected chi connectivity index (χ0v) is 11.0. The van der Waals surface area contributed by atoms with Gasteiger partial charge >= 0.3 is 5.69 Å². The van der Waals surface area contributed by atoms with Crippen LogP contribution in [0.5, 0.6) is 5.75 Å². The number of aliphatic hydroxyl groups excluding tert-OH is 1. The average molecular weight is 287 g/mol. The zero-order chi connectivity index (χ0) is 13.8. The van der Waals surface area contributed by atoms with Gasteiger partial charge in [-0.1, -0.05) is 11.6 Å². The lowest BCUT2D eigenvalue weighted by Crippen LogP contribution is -2.32. The van der Waals surface area contributed by atoms with E-state index in [1.165, 1.54) is 18.2 Å². The van der Waals surface area contributed by atoms with Crippen LogP contribution < -0.4 is 10.1 Å². The normalized spacial score (nSPS) is 16.1. The first-order valence-electron chi connectivity index (χ1n) is 6.04. The third kappa shape index (κ3) is 4.34. The maximum absolute atomic E-state index is 10.8. The summed E-state index contributed by atoms with van der Waals surface area (Å²) in [5.74, 6) is 0.111. The molecule has 0 aromatic heterocycles. The van der Waals surface area contributed by atoms with Crippen molar-refractivity contribution in [3.05, 3.63) is 33.3 Å². The number of aliphatic hydroxyl groups is 1. The summed E-state index contributed by atoms with van der Waals surface area (Å²) in [6.07, 6.45) is 1.57. The van der Waals surface area contributed by atoms with Crippen molar-refractivity contribution in [2.75, 3.05) is 13.2 Å². The molecule has 0 amide bonds. The minimum atomic E-state index is -0.698.